The van der Waals surface area contributed by atoms with Gasteiger partial charge in [-0.25, -0.2) is 13.6 Å². The second-order valence-electron chi connectivity index (χ2n) is 3.18. The molecule has 17 heavy (non-hydrogen) atoms. The number of hydrogen-bond donors (Lipinski definition) is 1. The van der Waals surface area contributed by atoms with Crippen molar-refractivity contribution in [1.82, 2.24) is 4.98 Å². The molecular formula is C9H6F5NO2. The van der Waals surface area contributed by atoms with Crippen molar-refractivity contribution in [3.63, 3.8) is 0 Å². The first-order chi connectivity index (χ1) is 7.64. The zero-order chi connectivity index (χ0) is 13.4. The molecule has 0 aliphatic rings. The molecule has 0 aliphatic heterocycles. The lowest BCUT2D eigenvalue weighted by Gasteiger charge is -2.14. The summed E-state index contributed by atoms with van der Waals surface area (Å²) in [5.74, 6) is -2.08. The van der Waals surface area contributed by atoms with Gasteiger partial charge in [-0.2, -0.15) is 13.2 Å². The Labute approximate surface area is 91.9 Å². The third-order valence-electron chi connectivity index (χ3n) is 1.90. The first kappa shape index (κ1) is 13.3. The molecule has 0 spiro atoms. The Hall–Kier alpha value is -1.73. The minimum absolute atomic E-state index is 0.322. The minimum atomic E-state index is -5.02. The van der Waals surface area contributed by atoms with E-state index in [4.69, 9.17) is 5.11 Å². The van der Waals surface area contributed by atoms with E-state index in [0.717, 1.165) is 6.92 Å². The van der Waals surface area contributed by atoms with Crippen LogP contribution in [0.1, 0.15) is 33.7 Å². The van der Waals surface area contributed by atoms with Crippen molar-refractivity contribution in [2.75, 3.05) is 0 Å². The summed E-state index contributed by atoms with van der Waals surface area (Å²) < 4.78 is 62.4. The number of aryl methyl sites for hydroxylation is 1. The number of halogens is 5. The highest BCUT2D eigenvalue weighted by Gasteiger charge is 2.39. The fourth-order valence-corrected chi connectivity index (χ4v) is 1.30. The van der Waals surface area contributed by atoms with Crippen LogP contribution in [0.15, 0.2) is 6.07 Å². The van der Waals surface area contributed by atoms with Crippen molar-refractivity contribution >= 4 is 5.97 Å². The maximum Gasteiger partial charge on any atom is 0.417 e. The average molecular weight is 255 g/mol. The van der Waals surface area contributed by atoms with Crippen molar-refractivity contribution in [2.24, 2.45) is 0 Å². The van der Waals surface area contributed by atoms with Crippen LogP contribution in [0, 0.1) is 6.92 Å². The average Bonchev–Trinajstić information content (AvgIpc) is 2.14. The van der Waals surface area contributed by atoms with Crippen molar-refractivity contribution in [1.29, 1.82) is 0 Å². The first-order valence-electron chi connectivity index (χ1n) is 4.24. The number of carboxylic acids is 1. The number of aromatic carboxylic acids is 1. The summed E-state index contributed by atoms with van der Waals surface area (Å²) >= 11 is 0. The summed E-state index contributed by atoms with van der Waals surface area (Å²) in [6, 6.07) is 0.426. The lowest BCUT2D eigenvalue weighted by atomic mass is 10.0. The SMILES string of the molecule is Cc1cc(C(F)(F)F)c(C(=O)O)c(C(F)F)n1. The van der Waals surface area contributed by atoms with E-state index in [2.05, 4.69) is 4.98 Å². The van der Waals surface area contributed by atoms with E-state index < -0.39 is 35.4 Å². The van der Waals surface area contributed by atoms with Crippen LogP contribution in [-0.2, 0) is 6.18 Å². The van der Waals surface area contributed by atoms with Gasteiger partial charge in [0, 0.05) is 5.69 Å². The predicted octanol–water partition coefficient (Wildman–Crippen LogP) is 3.04. The number of hydrogen-bond acceptors (Lipinski definition) is 2. The zero-order valence-corrected chi connectivity index (χ0v) is 8.35. The normalized spacial score (nSPS) is 11.9. The lowest BCUT2D eigenvalue weighted by Crippen LogP contribution is -2.17. The Morgan fingerprint density at radius 1 is 1.41 bits per heavy atom. The quantitative estimate of drug-likeness (QED) is 0.826. The molecule has 0 radical (unpaired) electrons. The molecule has 0 amide bonds. The number of carboxylic acid groups (broad SMARTS) is 1. The van der Waals surface area contributed by atoms with Crippen LogP contribution in [0.25, 0.3) is 0 Å². The lowest BCUT2D eigenvalue weighted by molar-refractivity contribution is -0.138. The van der Waals surface area contributed by atoms with Gasteiger partial charge in [0.15, 0.2) is 0 Å². The Kier molecular flexibility index (Phi) is 3.35. The molecule has 1 rings (SSSR count). The number of rotatable bonds is 2. The number of carbonyl (C=O) groups is 1. The summed E-state index contributed by atoms with van der Waals surface area (Å²) in [5.41, 5.74) is -4.81. The van der Waals surface area contributed by atoms with E-state index in [0.29, 0.717) is 6.07 Å². The van der Waals surface area contributed by atoms with Crippen molar-refractivity contribution in [3.8, 4) is 0 Å². The monoisotopic (exact) mass is 255 g/mol. The summed E-state index contributed by atoms with van der Waals surface area (Å²) in [4.78, 5) is 13.8. The van der Waals surface area contributed by atoms with E-state index in [9.17, 15) is 26.7 Å². The van der Waals surface area contributed by atoms with Crippen LogP contribution in [0.5, 0.6) is 0 Å². The van der Waals surface area contributed by atoms with Gasteiger partial charge in [0.2, 0.25) is 0 Å². The molecule has 0 aromatic carbocycles. The molecule has 1 aromatic heterocycles. The number of pyridine rings is 1. The Morgan fingerprint density at radius 2 is 1.94 bits per heavy atom. The molecule has 0 bridgehead atoms. The van der Waals surface area contributed by atoms with Crippen LogP contribution < -0.4 is 0 Å². The van der Waals surface area contributed by atoms with Gasteiger partial charge in [-0.3, -0.25) is 4.98 Å². The molecule has 0 saturated carbocycles. The van der Waals surface area contributed by atoms with E-state index in [1.807, 2.05) is 0 Å². The predicted molar refractivity (Wildman–Crippen MR) is 45.9 cm³/mol. The van der Waals surface area contributed by atoms with Crippen LogP contribution in [0.2, 0.25) is 0 Å². The summed E-state index contributed by atoms with van der Waals surface area (Å²) in [6.45, 7) is 1.08. The molecule has 1 aromatic rings. The van der Waals surface area contributed by atoms with Gasteiger partial charge in [0.1, 0.15) is 5.69 Å². The van der Waals surface area contributed by atoms with Crippen molar-refractivity contribution in [3.05, 3.63) is 28.6 Å². The smallest absolute Gasteiger partial charge is 0.417 e. The van der Waals surface area contributed by atoms with Crippen LogP contribution in [-0.4, -0.2) is 16.1 Å². The van der Waals surface area contributed by atoms with Crippen molar-refractivity contribution < 1.29 is 31.9 Å². The largest absolute Gasteiger partial charge is 0.478 e. The number of nitrogens with zero attached hydrogens (tertiary/aromatic N) is 1. The maximum absolute atomic E-state index is 12.5. The van der Waals surface area contributed by atoms with Gasteiger partial charge in [0.05, 0.1) is 11.1 Å². The van der Waals surface area contributed by atoms with E-state index in [-0.39, 0.29) is 5.69 Å². The molecule has 0 atom stereocenters. The van der Waals surface area contributed by atoms with E-state index in [1.165, 1.54) is 0 Å². The topological polar surface area (TPSA) is 50.2 Å². The number of aromatic nitrogens is 1. The van der Waals surface area contributed by atoms with Gasteiger partial charge in [-0.05, 0) is 13.0 Å². The summed E-state index contributed by atoms with van der Waals surface area (Å²) in [6.07, 6.45) is -8.41. The van der Waals surface area contributed by atoms with Crippen LogP contribution >= 0.6 is 0 Å². The Bertz CT molecular complexity index is 455. The second-order valence-corrected chi connectivity index (χ2v) is 3.18. The second kappa shape index (κ2) is 4.27. The Balaban J connectivity index is 3.64. The minimum Gasteiger partial charge on any atom is -0.478 e. The maximum atomic E-state index is 12.5. The van der Waals surface area contributed by atoms with Gasteiger partial charge in [0.25, 0.3) is 6.43 Å². The summed E-state index contributed by atoms with van der Waals surface area (Å²) in [7, 11) is 0. The molecule has 1 N–H and O–H groups in total. The Morgan fingerprint density at radius 3 is 2.29 bits per heavy atom. The van der Waals surface area contributed by atoms with Gasteiger partial charge in [-0.1, -0.05) is 0 Å². The molecule has 94 valence electrons. The molecule has 0 saturated heterocycles. The van der Waals surface area contributed by atoms with Crippen LogP contribution in [0.3, 0.4) is 0 Å². The molecule has 0 unspecified atom stereocenters. The van der Waals surface area contributed by atoms with Gasteiger partial charge in [-0.15, -0.1) is 0 Å². The van der Waals surface area contributed by atoms with Crippen molar-refractivity contribution in [2.45, 2.75) is 19.5 Å². The highest BCUT2D eigenvalue weighted by atomic mass is 19.4. The van der Waals surface area contributed by atoms with Crippen LogP contribution in [0.4, 0.5) is 22.0 Å². The molecule has 0 aliphatic carbocycles. The summed E-state index contributed by atoms with van der Waals surface area (Å²) in [5, 5.41) is 8.58. The molecule has 1 heterocycles. The third kappa shape index (κ3) is 2.69. The van der Waals surface area contributed by atoms with Gasteiger partial charge < -0.3 is 5.11 Å². The first-order valence-corrected chi connectivity index (χ1v) is 4.24. The fraction of sp³-hybridized carbons (Fsp3) is 0.333. The third-order valence-corrected chi connectivity index (χ3v) is 1.90. The molecule has 8 heteroatoms. The van der Waals surface area contributed by atoms with E-state index in [1.54, 1.807) is 0 Å². The highest BCUT2D eigenvalue weighted by Crippen LogP contribution is 2.35. The highest BCUT2D eigenvalue weighted by molar-refractivity contribution is 5.91. The molecule has 3 nitrogen and oxygen atoms in total. The fourth-order valence-electron chi connectivity index (χ4n) is 1.30. The standard InChI is InChI=1S/C9H6F5NO2/c1-3-2-4(9(12,13)14)5(8(16)17)6(15-3)7(10)11/h2,7H,1H3,(H,16,17). The van der Waals surface area contributed by atoms with E-state index >= 15 is 0 Å². The molecule has 0 fully saturated rings. The number of alkyl halides is 5. The molecular weight excluding hydrogens is 249 g/mol. The van der Waals surface area contributed by atoms with Gasteiger partial charge >= 0.3 is 12.1 Å². The zero-order valence-electron chi connectivity index (χ0n) is 8.35.